The van der Waals surface area contributed by atoms with E-state index in [0.717, 1.165) is 31.1 Å². The normalized spacial score (nSPS) is 15.2. The first kappa shape index (κ1) is 16.4. The minimum atomic E-state index is 0.158. The molecular weight excluding hydrogens is 296 g/mol. The van der Waals surface area contributed by atoms with Gasteiger partial charge in [-0.1, -0.05) is 30.3 Å². The highest BCUT2D eigenvalue weighted by Crippen LogP contribution is 2.30. The minimum absolute atomic E-state index is 0.158. The van der Waals surface area contributed by atoms with Gasteiger partial charge in [-0.3, -0.25) is 0 Å². The van der Waals surface area contributed by atoms with Gasteiger partial charge in [0.1, 0.15) is 11.8 Å². The van der Waals surface area contributed by atoms with Gasteiger partial charge in [-0.25, -0.2) is 0 Å². The Kier molecular flexibility index (Phi) is 5.38. The van der Waals surface area contributed by atoms with Crippen molar-refractivity contribution in [1.29, 1.82) is 5.26 Å². The number of nitrogens with zero attached hydrogens (tertiary/aromatic N) is 2. The van der Waals surface area contributed by atoms with Gasteiger partial charge in [-0.05, 0) is 61.8 Å². The maximum absolute atomic E-state index is 9.53. The van der Waals surface area contributed by atoms with Crippen molar-refractivity contribution in [2.24, 2.45) is 5.92 Å². The van der Waals surface area contributed by atoms with Crippen LogP contribution in [0, 0.1) is 17.2 Å². The molecule has 3 heteroatoms. The molecule has 0 aromatic heterocycles. The van der Waals surface area contributed by atoms with Crippen molar-refractivity contribution in [1.82, 2.24) is 0 Å². The molecule has 1 saturated heterocycles. The molecule has 1 aliphatic heterocycles. The van der Waals surface area contributed by atoms with Gasteiger partial charge >= 0.3 is 0 Å². The van der Waals surface area contributed by atoms with E-state index in [1.165, 1.54) is 31.2 Å². The first-order chi connectivity index (χ1) is 11.8. The lowest BCUT2D eigenvalue weighted by atomic mass is 9.90. The van der Waals surface area contributed by atoms with E-state index in [2.05, 4.69) is 41.3 Å². The molecule has 0 saturated carbocycles. The third-order valence-corrected chi connectivity index (χ3v) is 4.98. The Bertz CT molecular complexity index is 698. The summed E-state index contributed by atoms with van der Waals surface area (Å²) >= 11 is 0. The molecule has 1 aliphatic rings. The molecule has 124 valence electrons. The third kappa shape index (κ3) is 4.08. The maximum Gasteiger partial charge on any atom is 0.117 e. The van der Waals surface area contributed by atoms with E-state index in [0.29, 0.717) is 5.56 Å². The number of hydrogen-bond donors (Lipinski definition) is 1. The number of nitriles is 1. The minimum Gasteiger partial charge on any atom is -0.508 e. The summed E-state index contributed by atoms with van der Waals surface area (Å²) in [6, 6.07) is 18.0. The molecule has 1 fully saturated rings. The lowest BCUT2D eigenvalue weighted by Crippen LogP contribution is -2.34. The Balaban J connectivity index is 1.48. The lowest BCUT2D eigenvalue weighted by molar-refractivity contribution is 0.373. The van der Waals surface area contributed by atoms with Crippen molar-refractivity contribution in [2.45, 2.75) is 32.1 Å². The Morgan fingerprint density at radius 1 is 1.08 bits per heavy atom. The summed E-state index contributed by atoms with van der Waals surface area (Å²) in [5, 5.41) is 18.8. The highest BCUT2D eigenvalue weighted by molar-refractivity contribution is 5.61. The van der Waals surface area contributed by atoms with Gasteiger partial charge in [0.15, 0.2) is 0 Å². The van der Waals surface area contributed by atoms with Crippen molar-refractivity contribution in [3.8, 4) is 11.8 Å². The smallest absolute Gasteiger partial charge is 0.117 e. The number of rotatable bonds is 5. The van der Waals surface area contributed by atoms with Crippen LogP contribution in [0.15, 0.2) is 48.5 Å². The summed E-state index contributed by atoms with van der Waals surface area (Å²) in [4.78, 5) is 2.28. The molecule has 0 aliphatic carbocycles. The second kappa shape index (κ2) is 7.88. The fourth-order valence-corrected chi connectivity index (χ4v) is 3.59. The monoisotopic (exact) mass is 320 g/mol. The predicted octanol–water partition coefficient (Wildman–Crippen LogP) is 4.50. The Hall–Kier alpha value is -2.47. The van der Waals surface area contributed by atoms with Crippen molar-refractivity contribution >= 4 is 5.69 Å². The van der Waals surface area contributed by atoms with Crippen molar-refractivity contribution < 1.29 is 5.11 Å². The molecule has 1 heterocycles. The number of piperidine rings is 1. The number of aromatic hydroxyl groups is 1. The van der Waals surface area contributed by atoms with Gasteiger partial charge in [-0.2, -0.15) is 5.26 Å². The van der Waals surface area contributed by atoms with Gasteiger partial charge in [0.2, 0.25) is 0 Å². The third-order valence-electron chi connectivity index (χ3n) is 4.98. The standard InChI is InChI=1S/C21H24N2O/c22-16-19-15-20(24)9-10-21(19)23-13-11-18(12-14-23)8-4-7-17-5-2-1-3-6-17/h1-3,5-6,9-10,15,18,24H,4,7-8,11-14H2. The van der Waals surface area contributed by atoms with E-state index in [-0.39, 0.29) is 5.75 Å². The van der Waals surface area contributed by atoms with Crippen LogP contribution >= 0.6 is 0 Å². The second-order valence-corrected chi connectivity index (χ2v) is 6.62. The average Bonchev–Trinajstić information content (AvgIpc) is 2.63. The maximum atomic E-state index is 9.53. The molecule has 1 N–H and O–H groups in total. The molecule has 0 bridgehead atoms. The van der Waals surface area contributed by atoms with E-state index < -0.39 is 0 Å². The Morgan fingerprint density at radius 2 is 1.83 bits per heavy atom. The molecule has 0 radical (unpaired) electrons. The number of hydrogen-bond acceptors (Lipinski definition) is 3. The molecule has 0 spiro atoms. The molecule has 3 rings (SSSR count). The molecule has 0 unspecified atom stereocenters. The van der Waals surface area contributed by atoms with Crippen LogP contribution in [0.2, 0.25) is 0 Å². The first-order valence-corrected chi connectivity index (χ1v) is 8.78. The number of phenols is 1. The largest absolute Gasteiger partial charge is 0.508 e. The van der Waals surface area contributed by atoms with E-state index in [1.54, 1.807) is 12.1 Å². The summed E-state index contributed by atoms with van der Waals surface area (Å²) in [7, 11) is 0. The fourth-order valence-electron chi connectivity index (χ4n) is 3.59. The molecule has 24 heavy (non-hydrogen) atoms. The summed E-state index contributed by atoms with van der Waals surface area (Å²) in [6.45, 7) is 1.99. The van der Waals surface area contributed by atoms with Crippen LogP contribution in [0.25, 0.3) is 0 Å². The molecule has 2 aromatic rings. The van der Waals surface area contributed by atoms with Gasteiger partial charge in [-0.15, -0.1) is 0 Å². The lowest BCUT2D eigenvalue weighted by Gasteiger charge is -2.34. The number of phenolic OH excluding ortho intramolecular Hbond substituents is 1. The summed E-state index contributed by atoms with van der Waals surface area (Å²) in [5.74, 6) is 0.943. The zero-order valence-corrected chi connectivity index (χ0v) is 14.0. The molecule has 2 aromatic carbocycles. The van der Waals surface area contributed by atoms with Crippen LogP contribution in [-0.4, -0.2) is 18.2 Å². The highest BCUT2D eigenvalue weighted by atomic mass is 16.3. The van der Waals surface area contributed by atoms with Crippen LogP contribution in [0.4, 0.5) is 5.69 Å². The SMILES string of the molecule is N#Cc1cc(O)ccc1N1CCC(CCCc2ccccc2)CC1. The molecule has 0 atom stereocenters. The Labute approximate surface area is 144 Å². The zero-order chi connectivity index (χ0) is 16.8. The second-order valence-electron chi connectivity index (χ2n) is 6.62. The van der Waals surface area contributed by atoms with Gasteiger partial charge < -0.3 is 10.0 Å². The summed E-state index contributed by atoms with van der Waals surface area (Å²) < 4.78 is 0. The summed E-state index contributed by atoms with van der Waals surface area (Å²) in [5.41, 5.74) is 2.95. The topological polar surface area (TPSA) is 47.3 Å². The Morgan fingerprint density at radius 3 is 2.54 bits per heavy atom. The van der Waals surface area contributed by atoms with Gasteiger partial charge in [0, 0.05) is 13.1 Å². The van der Waals surface area contributed by atoms with Crippen molar-refractivity contribution in [2.75, 3.05) is 18.0 Å². The fraction of sp³-hybridized carbons (Fsp3) is 0.381. The summed E-state index contributed by atoms with van der Waals surface area (Å²) in [6.07, 6.45) is 6.05. The molecule has 3 nitrogen and oxygen atoms in total. The van der Waals surface area contributed by atoms with Crippen molar-refractivity contribution in [3.63, 3.8) is 0 Å². The van der Waals surface area contributed by atoms with Crippen LogP contribution in [-0.2, 0) is 6.42 Å². The average molecular weight is 320 g/mol. The number of benzene rings is 2. The highest BCUT2D eigenvalue weighted by Gasteiger charge is 2.21. The van der Waals surface area contributed by atoms with Gasteiger partial charge in [0.25, 0.3) is 0 Å². The van der Waals surface area contributed by atoms with Crippen LogP contribution in [0.1, 0.15) is 36.8 Å². The number of anilines is 1. The van der Waals surface area contributed by atoms with Crippen LogP contribution in [0.3, 0.4) is 0 Å². The zero-order valence-electron chi connectivity index (χ0n) is 14.0. The number of aryl methyl sites for hydroxylation is 1. The van der Waals surface area contributed by atoms with E-state index in [1.807, 2.05) is 6.07 Å². The molecular formula is C21H24N2O. The van der Waals surface area contributed by atoms with E-state index in [9.17, 15) is 10.4 Å². The predicted molar refractivity (Wildman–Crippen MR) is 97.1 cm³/mol. The van der Waals surface area contributed by atoms with Crippen molar-refractivity contribution in [3.05, 3.63) is 59.7 Å². The first-order valence-electron chi connectivity index (χ1n) is 8.78. The van der Waals surface area contributed by atoms with Gasteiger partial charge in [0.05, 0.1) is 11.3 Å². The van der Waals surface area contributed by atoms with E-state index in [4.69, 9.17) is 0 Å². The van der Waals surface area contributed by atoms with Crippen LogP contribution in [0.5, 0.6) is 5.75 Å². The quantitative estimate of drug-likeness (QED) is 0.882. The molecule has 0 amide bonds. The van der Waals surface area contributed by atoms with E-state index >= 15 is 0 Å². The van der Waals surface area contributed by atoms with Crippen LogP contribution < -0.4 is 4.90 Å².